The zero-order valence-electron chi connectivity index (χ0n) is 12.9. The Kier molecular flexibility index (Phi) is 3.88. The predicted octanol–water partition coefficient (Wildman–Crippen LogP) is 1.54. The van der Waals surface area contributed by atoms with E-state index in [0.29, 0.717) is 5.92 Å². The third-order valence-electron chi connectivity index (χ3n) is 3.81. The molecule has 21 heavy (non-hydrogen) atoms. The van der Waals surface area contributed by atoms with Gasteiger partial charge in [-0.05, 0) is 7.05 Å². The largest absolute Gasteiger partial charge is 0.359 e. The second kappa shape index (κ2) is 5.81. The zero-order valence-corrected chi connectivity index (χ0v) is 12.9. The molecule has 2 aromatic heterocycles. The SMILES string of the molecule is CNCc1nc(C(C)C)ncc1N1CCn2ccnc2C1. The Labute approximate surface area is 125 Å². The Balaban J connectivity index is 1.91. The molecule has 1 N–H and O–H groups in total. The van der Waals surface area contributed by atoms with Gasteiger partial charge in [-0.3, -0.25) is 0 Å². The number of nitrogens with one attached hydrogen (secondary N) is 1. The van der Waals surface area contributed by atoms with Crippen LogP contribution in [-0.2, 0) is 19.6 Å². The maximum Gasteiger partial charge on any atom is 0.131 e. The maximum absolute atomic E-state index is 4.74. The fourth-order valence-electron chi connectivity index (χ4n) is 2.65. The van der Waals surface area contributed by atoms with E-state index >= 15 is 0 Å². The highest BCUT2D eigenvalue weighted by atomic mass is 15.2. The van der Waals surface area contributed by atoms with Gasteiger partial charge in [0.25, 0.3) is 0 Å². The molecule has 112 valence electrons. The van der Waals surface area contributed by atoms with Crippen molar-refractivity contribution in [2.24, 2.45) is 0 Å². The fraction of sp³-hybridized carbons (Fsp3) is 0.533. The van der Waals surface area contributed by atoms with Crippen LogP contribution < -0.4 is 10.2 Å². The third kappa shape index (κ3) is 2.76. The molecule has 0 atom stereocenters. The van der Waals surface area contributed by atoms with Crippen LogP contribution in [-0.4, -0.2) is 33.1 Å². The molecule has 6 nitrogen and oxygen atoms in total. The van der Waals surface area contributed by atoms with Gasteiger partial charge in [0.1, 0.15) is 11.6 Å². The molecule has 0 bridgehead atoms. The van der Waals surface area contributed by atoms with Gasteiger partial charge in [0.05, 0.1) is 24.1 Å². The van der Waals surface area contributed by atoms with Crippen LogP contribution in [0.3, 0.4) is 0 Å². The highest BCUT2D eigenvalue weighted by Crippen LogP contribution is 2.24. The van der Waals surface area contributed by atoms with Crippen molar-refractivity contribution in [2.75, 3.05) is 18.5 Å². The van der Waals surface area contributed by atoms with Crippen molar-refractivity contribution >= 4 is 5.69 Å². The van der Waals surface area contributed by atoms with E-state index in [-0.39, 0.29) is 0 Å². The van der Waals surface area contributed by atoms with E-state index in [0.717, 1.165) is 49.2 Å². The molecule has 2 aromatic rings. The number of anilines is 1. The van der Waals surface area contributed by atoms with E-state index in [9.17, 15) is 0 Å². The van der Waals surface area contributed by atoms with Crippen molar-refractivity contribution in [3.63, 3.8) is 0 Å². The first kappa shape index (κ1) is 14.0. The summed E-state index contributed by atoms with van der Waals surface area (Å²) in [6.07, 6.45) is 5.87. The number of hydrogen-bond donors (Lipinski definition) is 1. The lowest BCUT2D eigenvalue weighted by Gasteiger charge is -2.30. The zero-order chi connectivity index (χ0) is 14.8. The van der Waals surface area contributed by atoms with Gasteiger partial charge in [-0.2, -0.15) is 0 Å². The molecule has 0 saturated carbocycles. The smallest absolute Gasteiger partial charge is 0.131 e. The van der Waals surface area contributed by atoms with Crippen molar-refractivity contribution < 1.29 is 0 Å². The van der Waals surface area contributed by atoms with Crippen LogP contribution in [0.5, 0.6) is 0 Å². The molecule has 0 radical (unpaired) electrons. The van der Waals surface area contributed by atoms with Crippen LogP contribution in [0.4, 0.5) is 5.69 Å². The number of imidazole rings is 1. The van der Waals surface area contributed by atoms with E-state index in [2.05, 4.69) is 38.6 Å². The fourth-order valence-corrected chi connectivity index (χ4v) is 2.65. The van der Waals surface area contributed by atoms with E-state index in [4.69, 9.17) is 4.98 Å². The number of fused-ring (bicyclic) bond motifs is 1. The van der Waals surface area contributed by atoms with Crippen molar-refractivity contribution in [3.05, 3.63) is 35.9 Å². The van der Waals surface area contributed by atoms with Crippen molar-refractivity contribution in [1.82, 2.24) is 24.8 Å². The average molecular weight is 286 g/mol. The Morgan fingerprint density at radius 3 is 2.90 bits per heavy atom. The second-order valence-electron chi connectivity index (χ2n) is 5.70. The first-order valence-electron chi connectivity index (χ1n) is 7.44. The molecule has 6 heteroatoms. The first-order valence-corrected chi connectivity index (χ1v) is 7.44. The minimum absolute atomic E-state index is 0.343. The third-order valence-corrected chi connectivity index (χ3v) is 3.81. The summed E-state index contributed by atoms with van der Waals surface area (Å²) in [6.45, 7) is 7.73. The van der Waals surface area contributed by atoms with Crippen LogP contribution >= 0.6 is 0 Å². The summed E-state index contributed by atoms with van der Waals surface area (Å²) in [7, 11) is 1.95. The van der Waals surface area contributed by atoms with E-state index in [1.165, 1.54) is 0 Å². The summed E-state index contributed by atoms with van der Waals surface area (Å²) >= 11 is 0. The summed E-state index contributed by atoms with van der Waals surface area (Å²) < 4.78 is 2.21. The molecule has 0 aliphatic carbocycles. The van der Waals surface area contributed by atoms with Gasteiger partial charge in [-0.25, -0.2) is 15.0 Å². The molecule has 0 amide bonds. The van der Waals surface area contributed by atoms with Gasteiger partial charge in [0.2, 0.25) is 0 Å². The maximum atomic E-state index is 4.74. The van der Waals surface area contributed by atoms with Crippen molar-refractivity contribution in [1.29, 1.82) is 0 Å². The molecule has 0 saturated heterocycles. The van der Waals surface area contributed by atoms with Crippen LogP contribution in [0.25, 0.3) is 0 Å². The van der Waals surface area contributed by atoms with Crippen LogP contribution in [0.1, 0.15) is 37.1 Å². The summed E-state index contributed by atoms with van der Waals surface area (Å²) in [5, 5.41) is 3.21. The van der Waals surface area contributed by atoms with Gasteiger partial charge >= 0.3 is 0 Å². The molecular weight excluding hydrogens is 264 g/mol. The van der Waals surface area contributed by atoms with Gasteiger partial charge < -0.3 is 14.8 Å². The Morgan fingerprint density at radius 1 is 1.29 bits per heavy atom. The van der Waals surface area contributed by atoms with Gasteiger partial charge in [0.15, 0.2) is 0 Å². The summed E-state index contributed by atoms with van der Waals surface area (Å²) in [5.74, 6) is 2.35. The summed E-state index contributed by atoms with van der Waals surface area (Å²) in [4.78, 5) is 16.0. The molecule has 3 heterocycles. The van der Waals surface area contributed by atoms with Crippen molar-refractivity contribution in [2.45, 2.75) is 39.4 Å². The molecule has 0 unspecified atom stereocenters. The predicted molar refractivity (Wildman–Crippen MR) is 82.2 cm³/mol. The van der Waals surface area contributed by atoms with Gasteiger partial charge in [0, 0.05) is 37.9 Å². The van der Waals surface area contributed by atoms with E-state index in [1.54, 1.807) is 0 Å². The highest BCUT2D eigenvalue weighted by Gasteiger charge is 2.20. The van der Waals surface area contributed by atoms with Crippen LogP contribution in [0, 0.1) is 0 Å². The number of rotatable bonds is 4. The normalized spacial score (nSPS) is 14.6. The Morgan fingerprint density at radius 2 is 2.14 bits per heavy atom. The number of aromatic nitrogens is 4. The molecule has 1 aliphatic rings. The minimum atomic E-state index is 0.343. The molecular formula is C15H22N6. The Bertz CT molecular complexity index is 618. The average Bonchev–Trinajstić information content (AvgIpc) is 2.94. The topological polar surface area (TPSA) is 58.9 Å². The van der Waals surface area contributed by atoms with E-state index < -0.39 is 0 Å². The lowest BCUT2D eigenvalue weighted by atomic mass is 10.2. The Hall–Kier alpha value is -1.95. The molecule has 0 spiro atoms. The standard InChI is InChI=1S/C15H22N6/c1-11(2)15-18-9-13(12(19-15)8-16-3)21-7-6-20-5-4-17-14(20)10-21/h4-5,9,11,16H,6-8,10H2,1-3H3. The monoisotopic (exact) mass is 286 g/mol. The minimum Gasteiger partial charge on any atom is -0.359 e. The van der Waals surface area contributed by atoms with Gasteiger partial charge in [-0.15, -0.1) is 0 Å². The van der Waals surface area contributed by atoms with Crippen LogP contribution in [0.2, 0.25) is 0 Å². The first-order chi connectivity index (χ1) is 10.2. The lowest BCUT2D eigenvalue weighted by molar-refractivity contribution is 0.555. The molecule has 3 rings (SSSR count). The van der Waals surface area contributed by atoms with E-state index in [1.807, 2.05) is 25.6 Å². The quantitative estimate of drug-likeness (QED) is 0.924. The van der Waals surface area contributed by atoms with Crippen LogP contribution in [0.15, 0.2) is 18.6 Å². The number of hydrogen-bond acceptors (Lipinski definition) is 5. The van der Waals surface area contributed by atoms with Crippen molar-refractivity contribution in [3.8, 4) is 0 Å². The van der Waals surface area contributed by atoms with Gasteiger partial charge in [-0.1, -0.05) is 13.8 Å². The molecule has 0 aromatic carbocycles. The summed E-state index contributed by atoms with van der Waals surface area (Å²) in [6, 6.07) is 0. The second-order valence-corrected chi connectivity index (χ2v) is 5.70. The summed E-state index contributed by atoms with van der Waals surface area (Å²) in [5.41, 5.74) is 2.18. The number of nitrogens with zero attached hydrogens (tertiary/aromatic N) is 5. The lowest BCUT2D eigenvalue weighted by Crippen LogP contribution is -2.35. The highest BCUT2D eigenvalue weighted by molar-refractivity contribution is 5.49. The molecule has 0 fully saturated rings. The molecule has 1 aliphatic heterocycles.